The van der Waals surface area contributed by atoms with Crippen molar-refractivity contribution in [3.05, 3.63) is 241 Å². The molecule has 12 aromatic rings. The Labute approximate surface area is 372 Å². The van der Waals surface area contributed by atoms with E-state index in [1.165, 1.54) is 102 Å². The van der Waals surface area contributed by atoms with Gasteiger partial charge in [0.25, 0.3) is 0 Å². The molecule has 2 nitrogen and oxygen atoms in total. The summed E-state index contributed by atoms with van der Waals surface area (Å²) in [5.74, 6) is 0. The fraction of sp³-hybridized carbons (Fsp3) is 0.0169. The quantitative estimate of drug-likeness (QED) is 0.174. The summed E-state index contributed by atoms with van der Waals surface area (Å²) in [6.07, 6.45) is 0. The molecule has 1 spiro atoms. The molecule has 2 aliphatic rings. The van der Waals surface area contributed by atoms with E-state index in [2.05, 4.69) is 228 Å². The first-order chi connectivity index (χ1) is 31.3. The van der Waals surface area contributed by atoms with Gasteiger partial charge in [0.1, 0.15) is 0 Å². The van der Waals surface area contributed by atoms with E-state index in [4.69, 9.17) is 0 Å². The summed E-state index contributed by atoms with van der Waals surface area (Å²) in [7, 11) is 0. The van der Waals surface area contributed by atoms with Crippen LogP contribution in [0, 0.1) is 0 Å². The van der Waals surface area contributed by atoms with Crippen molar-refractivity contribution in [2.45, 2.75) is 15.2 Å². The lowest BCUT2D eigenvalue weighted by Crippen LogP contribution is -2.36. The van der Waals surface area contributed by atoms with Crippen molar-refractivity contribution in [2.75, 3.05) is 4.90 Å². The average molecular weight is 837 g/mol. The second-order valence-electron chi connectivity index (χ2n) is 16.7. The Hall–Kier alpha value is -7.37. The topological polar surface area (TPSA) is 8.17 Å². The van der Waals surface area contributed by atoms with Crippen LogP contribution in [0.3, 0.4) is 0 Å². The zero-order valence-corrected chi connectivity index (χ0v) is 35.6. The molecule has 0 unspecified atom stereocenters. The third kappa shape index (κ3) is 4.80. The minimum atomic E-state index is -0.510. The SMILES string of the molecule is c1ccc(-n2c3ccccc3c3ccc(N(c4ccc5c6c(cccc46)C4(c6ccccc6Sc6ccccc64)c4ccccc4-5)c4cccc5sc6ccccc6c45)cc32)cc1. The molecule has 3 heterocycles. The molecule has 14 rings (SSSR count). The van der Waals surface area contributed by atoms with Crippen LogP contribution in [-0.4, -0.2) is 4.57 Å². The van der Waals surface area contributed by atoms with Gasteiger partial charge in [0, 0.05) is 57.5 Å². The van der Waals surface area contributed by atoms with E-state index in [-0.39, 0.29) is 0 Å². The summed E-state index contributed by atoms with van der Waals surface area (Å²) < 4.78 is 5.01. The van der Waals surface area contributed by atoms with Gasteiger partial charge in [-0.15, -0.1) is 11.3 Å². The number of nitrogens with zero attached hydrogens (tertiary/aromatic N) is 2. The Balaban J connectivity index is 1.12. The van der Waals surface area contributed by atoms with Crippen LogP contribution in [0.1, 0.15) is 22.3 Å². The number of para-hydroxylation sites is 2. The normalized spacial score (nSPS) is 13.5. The van der Waals surface area contributed by atoms with Gasteiger partial charge in [-0.3, -0.25) is 0 Å². The lowest BCUT2D eigenvalue weighted by molar-refractivity contribution is 0.707. The van der Waals surface area contributed by atoms with E-state index in [1.807, 2.05) is 23.1 Å². The molecule has 2 aromatic heterocycles. The van der Waals surface area contributed by atoms with E-state index in [0.717, 1.165) is 17.1 Å². The van der Waals surface area contributed by atoms with Crippen molar-refractivity contribution < 1.29 is 0 Å². The van der Waals surface area contributed by atoms with Crippen LogP contribution < -0.4 is 4.90 Å². The number of benzene rings is 10. The highest BCUT2D eigenvalue weighted by molar-refractivity contribution is 7.99. The smallest absolute Gasteiger partial charge is 0.0735 e. The first-order valence-corrected chi connectivity index (χ1v) is 23.2. The van der Waals surface area contributed by atoms with Crippen LogP contribution >= 0.6 is 23.1 Å². The minimum Gasteiger partial charge on any atom is -0.309 e. The number of rotatable bonds is 4. The number of anilines is 3. The maximum atomic E-state index is 2.56. The molecule has 0 fully saturated rings. The second-order valence-corrected chi connectivity index (χ2v) is 18.9. The number of hydrogen-bond acceptors (Lipinski definition) is 3. The van der Waals surface area contributed by atoms with E-state index in [9.17, 15) is 0 Å². The van der Waals surface area contributed by atoms with E-state index in [1.54, 1.807) is 0 Å². The van der Waals surface area contributed by atoms with E-state index < -0.39 is 5.41 Å². The number of aromatic nitrogens is 1. The van der Waals surface area contributed by atoms with Crippen LogP contribution in [0.2, 0.25) is 0 Å². The molecule has 1 aliphatic carbocycles. The molecule has 0 amide bonds. The Kier molecular flexibility index (Phi) is 7.45. The van der Waals surface area contributed by atoms with Crippen LogP contribution in [0.25, 0.3) is 69.6 Å². The van der Waals surface area contributed by atoms with Gasteiger partial charge in [0.05, 0.1) is 27.8 Å². The first-order valence-electron chi connectivity index (χ1n) is 21.6. The van der Waals surface area contributed by atoms with Gasteiger partial charge in [-0.2, -0.15) is 0 Å². The molecule has 0 bridgehead atoms. The van der Waals surface area contributed by atoms with Gasteiger partial charge in [-0.25, -0.2) is 0 Å². The molecule has 4 heteroatoms. The zero-order valence-electron chi connectivity index (χ0n) is 34.0. The van der Waals surface area contributed by atoms with Gasteiger partial charge in [-0.05, 0) is 105 Å². The van der Waals surface area contributed by atoms with Crippen molar-refractivity contribution in [2.24, 2.45) is 0 Å². The van der Waals surface area contributed by atoms with Crippen LogP contribution in [-0.2, 0) is 5.41 Å². The van der Waals surface area contributed by atoms with Gasteiger partial charge in [0.2, 0.25) is 0 Å². The van der Waals surface area contributed by atoms with Crippen molar-refractivity contribution >= 4 is 92.9 Å². The molecule has 294 valence electrons. The summed E-state index contributed by atoms with van der Waals surface area (Å²) in [6, 6.07) is 81.7. The Morgan fingerprint density at radius 3 is 1.86 bits per heavy atom. The molecule has 0 saturated heterocycles. The summed E-state index contributed by atoms with van der Waals surface area (Å²) in [6.45, 7) is 0. The largest absolute Gasteiger partial charge is 0.309 e. The summed E-state index contributed by atoms with van der Waals surface area (Å²) >= 11 is 3.76. The van der Waals surface area contributed by atoms with Crippen LogP contribution in [0.5, 0.6) is 0 Å². The maximum absolute atomic E-state index is 2.56. The summed E-state index contributed by atoms with van der Waals surface area (Å²) in [5, 5.41) is 7.57. The van der Waals surface area contributed by atoms with E-state index >= 15 is 0 Å². The predicted molar refractivity (Wildman–Crippen MR) is 267 cm³/mol. The maximum Gasteiger partial charge on any atom is 0.0735 e. The number of fused-ring (bicyclic) bond motifs is 14. The van der Waals surface area contributed by atoms with Gasteiger partial charge in [0.15, 0.2) is 0 Å². The highest BCUT2D eigenvalue weighted by Crippen LogP contribution is 2.62. The molecule has 63 heavy (non-hydrogen) atoms. The Morgan fingerprint density at radius 1 is 0.381 bits per heavy atom. The highest BCUT2D eigenvalue weighted by atomic mass is 32.2. The number of hydrogen-bond donors (Lipinski definition) is 0. The van der Waals surface area contributed by atoms with Crippen LogP contribution in [0.15, 0.2) is 228 Å². The molecule has 0 N–H and O–H groups in total. The molecule has 1 aliphatic heterocycles. The summed E-state index contributed by atoms with van der Waals surface area (Å²) in [5.41, 5.74) is 14.4. The van der Waals surface area contributed by atoms with Gasteiger partial charge < -0.3 is 9.47 Å². The lowest BCUT2D eigenvalue weighted by atomic mass is 9.59. The molecule has 10 aromatic carbocycles. The third-order valence-electron chi connectivity index (χ3n) is 13.6. The number of thiophene rings is 1. The molecule has 0 atom stereocenters. The predicted octanol–water partition coefficient (Wildman–Crippen LogP) is 16.6. The lowest BCUT2D eigenvalue weighted by Gasteiger charge is -2.46. The fourth-order valence-corrected chi connectivity index (χ4v) is 13.5. The molecular weight excluding hydrogens is 801 g/mol. The highest BCUT2D eigenvalue weighted by Gasteiger charge is 2.48. The Morgan fingerprint density at radius 2 is 1.02 bits per heavy atom. The molecular formula is C59H36N2S2. The Bertz CT molecular complexity index is 3810. The van der Waals surface area contributed by atoms with Crippen molar-refractivity contribution in [3.8, 4) is 16.8 Å². The molecule has 0 saturated carbocycles. The van der Waals surface area contributed by atoms with Gasteiger partial charge in [-0.1, -0.05) is 163 Å². The first kappa shape index (κ1) is 35.2. The van der Waals surface area contributed by atoms with E-state index in [0.29, 0.717) is 0 Å². The molecule has 0 radical (unpaired) electrons. The van der Waals surface area contributed by atoms with Crippen molar-refractivity contribution in [1.82, 2.24) is 4.57 Å². The summed E-state index contributed by atoms with van der Waals surface area (Å²) in [4.78, 5) is 5.17. The minimum absolute atomic E-state index is 0.510. The van der Waals surface area contributed by atoms with Crippen LogP contribution in [0.4, 0.5) is 17.1 Å². The monoisotopic (exact) mass is 836 g/mol. The standard InChI is InChI=1S/C59H36N2S2/c1-2-16-37(17-3-1)60-49-26-10-5-19-40(49)41-33-32-38(36-52(41)60)61(51-27-15-31-56-58(51)44-20-6-11-28-53(44)62-56)50-35-34-42-39-18-4-7-22-45(39)59(48-25-14-21-43(50)57(42)48)46-23-8-12-29-54(46)63-55-30-13-9-24-47(55)59/h1-36H. The second kappa shape index (κ2) is 13.3. The van der Waals surface area contributed by atoms with Gasteiger partial charge >= 0.3 is 0 Å². The van der Waals surface area contributed by atoms with Crippen molar-refractivity contribution in [1.29, 1.82) is 0 Å². The fourth-order valence-electron chi connectivity index (χ4n) is 11.2. The zero-order chi connectivity index (χ0) is 41.2. The third-order valence-corrected chi connectivity index (χ3v) is 15.9. The van der Waals surface area contributed by atoms with Crippen molar-refractivity contribution in [3.63, 3.8) is 0 Å². The average Bonchev–Trinajstić information content (AvgIpc) is 3.89.